The minimum atomic E-state index is -2.34. The molecule has 2 bridgehead atoms. The zero-order chi connectivity index (χ0) is 35.7. The minimum Gasteiger partial charge on any atom is -0.459 e. The summed E-state index contributed by atoms with van der Waals surface area (Å²) >= 11 is 0. The van der Waals surface area contributed by atoms with Crippen LogP contribution in [-0.4, -0.2) is 76.2 Å². The van der Waals surface area contributed by atoms with Gasteiger partial charge in [-0.2, -0.15) is 0 Å². The maximum absolute atomic E-state index is 14.9. The fourth-order valence-corrected chi connectivity index (χ4v) is 8.65. The SMILES string of the molecule is CCCCCCCCCC(=O)O[C@]1(C)C[C@@H](C)C23C=C(C)C(O)C2(O)C(O)C(COC(=O)C2=C(CC)[B]N=C2CC)=CC(C3=O)C1(C)C. The smallest absolute Gasteiger partial charge is 0.339 e. The first-order valence-corrected chi connectivity index (χ1v) is 18.1. The molecule has 1 saturated carbocycles. The molecule has 4 rings (SSSR count). The van der Waals surface area contributed by atoms with Gasteiger partial charge in [-0.25, -0.2) is 4.79 Å². The number of aliphatic hydroxyl groups excluding tert-OH is 2. The quantitative estimate of drug-likeness (QED) is 0.0927. The van der Waals surface area contributed by atoms with Gasteiger partial charge in [0.05, 0.1) is 11.0 Å². The van der Waals surface area contributed by atoms with Crippen molar-refractivity contribution in [3.63, 3.8) is 0 Å². The highest BCUT2D eigenvalue weighted by atomic mass is 16.6. The molecule has 0 aromatic carbocycles. The van der Waals surface area contributed by atoms with E-state index >= 15 is 0 Å². The molecule has 0 aromatic heterocycles. The number of nitrogens with zero attached hydrogens (tertiary/aromatic N) is 1. The Morgan fingerprint density at radius 1 is 1.00 bits per heavy atom. The van der Waals surface area contributed by atoms with Gasteiger partial charge in [0.1, 0.15) is 30.0 Å². The second-order valence-electron chi connectivity index (χ2n) is 15.3. The van der Waals surface area contributed by atoms with Crippen molar-refractivity contribution in [1.29, 1.82) is 0 Å². The third-order valence-electron chi connectivity index (χ3n) is 12.0. The molecule has 0 aromatic rings. The molecular weight excluding hydrogens is 609 g/mol. The fourth-order valence-electron chi connectivity index (χ4n) is 8.65. The normalized spacial score (nSPS) is 34.0. The Balaban J connectivity index is 1.69. The summed E-state index contributed by atoms with van der Waals surface area (Å²) in [7, 11) is 1.66. The van der Waals surface area contributed by atoms with Crippen molar-refractivity contribution in [2.75, 3.05) is 6.61 Å². The van der Waals surface area contributed by atoms with E-state index in [-0.39, 0.29) is 30.2 Å². The number of unbranched alkanes of at least 4 members (excludes halogenated alkanes) is 6. The lowest BCUT2D eigenvalue weighted by Gasteiger charge is -2.48. The van der Waals surface area contributed by atoms with Gasteiger partial charge in [-0.05, 0) is 56.6 Å². The van der Waals surface area contributed by atoms with Crippen LogP contribution < -0.4 is 0 Å². The molecule has 0 amide bonds. The van der Waals surface area contributed by atoms with Gasteiger partial charge in [-0.15, -0.1) is 0 Å². The molecule has 1 radical (unpaired) electrons. The lowest BCUT2D eigenvalue weighted by Crippen LogP contribution is -2.65. The predicted molar refractivity (Wildman–Crippen MR) is 186 cm³/mol. The van der Waals surface area contributed by atoms with Crippen LogP contribution in [0.2, 0.25) is 0 Å². The summed E-state index contributed by atoms with van der Waals surface area (Å²) in [5.41, 5.74) is -3.94. The van der Waals surface area contributed by atoms with Crippen LogP contribution in [0.4, 0.5) is 0 Å². The number of ketones is 1. The average Bonchev–Trinajstić information content (AvgIpc) is 3.53. The second kappa shape index (κ2) is 14.7. The molecule has 4 aliphatic rings. The Bertz CT molecular complexity index is 1400. The zero-order valence-corrected chi connectivity index (χ0v) is 30.4. The van der Waals surface area contributed by atoms with Crippen LogP contribution in [0.1, 0.15) is 126 Å². The first-order valence-electron chi connectivity index (χ1n) is 18.1. The van der Waals surface area contributed by atoms with E-state index in [1.54, 1.807) is 26.5 Å². The van der Waals surface area contributed by atoms with Gasteiger partial charge in [0.25, 0.3) is 0 Å². The van der Waals surface area contributed by atoms with E-state index in [1.807, 2.05) is 41.5 Å². The van der Waals surface area contributed by atoms with E-state index in [0.717, 1.165) is 31.2 Å². The van der Waals surface area contributed by atoms with Crippen molar-refractivity contribution < 1.29 is 39.2 Å². The van der Waals surface area contributed by atoms with Crippen molar-refractivity contribution in [2.45, 2.75) is 149 Å². The van der Waals surface area contributed by atoms with Gasteiger partial charge in [-0.1, -0.05) is 97.7 Å². The van der Waals surface area contributed by atoms with Crippen LogP contribution in [0.3, 0.4) is 0 Å². The maximum atomic E-state index is 14.9. The molecule has 1 heterocycles. The van der Waals surface area contributed by atoms with E-state index < -0.39 is 58.7 Å². The summed E-state index contributed by atoms with van der Waals surface area (Å²) in [6, 6.07) is 0. The number of allylic oxidation sites excluding steroid dienone is 2. The molecule has 5 unspecified atom stereocenters. The molecule has 3 aliphatic carbocycles. The Morgan fingerprint density at radius 3 is 2.27 bits per heavy atom. The highest BCUT2D eigenvalue weighted by molar-refractivity contribution is 6.53. The van der Waals surface area contributed by atoms with E-state index in [1.165, 1.54) is 19.3 Å². The molecule has 7 atom stereocenters. The van der Waals surface area contributed by atoms with Crippen LogP contribution in [0.15, 0.2) is 39.2 Å². The van der Waals surface area contributed by atoms with Crippen molar-refractivity contribution >= 4 is 30.8 Å². The summed E-state index contributed by atoms with van der Waals surface area (Å²) < 4.78 is 12.1. The molecule has 1 fully saturated rings. The molecule has 265 valence electrons. The number of carbonyl (C=O) groups excluding carboxylic acids is 3. The predicted octanol–water partition coefficient (Wildman–Crippen LogP) is 5.71. The third-order valence-corrected chi connectivity index (χ3v) is 12.0. The van der Waals surface area contributed by atoms with Gasteiger partial charge in [0.15, 0.2) is 5.78 Å². The number of Topliss-reactive ketones (excluding diaryl/α,β-unsaturated/α-hetero) is 1. The molecule has 10 heteroatoms. The number of hydrogen-bond acceptors (Lipinski definition) is 9. The number of esters is 2. The number of aliphatic hydroxyl groups is 3. The van der Waals surface area contributed by atoms with Crippen molar-refractivity contribution in [1.82, 2.24) is 0 Å². The topological polar surface area (TPSA) is 143 Å². The number of carbonyl (C=O) groups is 3. The van der Waals surface area contributed by atoms with Crippen molar-refractivity contribution in [3.05, 3.63) is 34.3 Å². The van der Waals surface area contributed by atoms with Crippen LogP contribution >= 0.6 is 0 Å². The summed E-state index contributed by atoms with van der Waals surface area (Å²) in [5.74, 6) is -2.90. The van der Waals surface area contributed by atoms with Gasteiger partial charge >= 0.3 is 19.4 Å². The van der Waals surface area contributed by atoms with Crippen LogP contribution in [-0.2, 0) is 23.9 Å². The lowest BCUT2D eigenvalue weighted by atomic mass is 9.59. The zero-order valence-electron chi connectivity index (χ0n) is 30.4. The number of ether oxygens (including phenoxy) is 2. The summed E-state index contributed by atoms with van der Waals surface area (Å²) in [6.45, 7) is 14.6. The monoisotopic (exact) mass is 666 g/mol. The van der Waals surface area contributed by atoms with E-state index in [0.29, 0.717) is 29.7 Å². The first-order chi connectivity index (χ1) is 22.6. The van der Waals surface area contributed by atoms with Crippen LogP contribution in [0.5, 0.6) is 0 Å². The van der Waals surface area contributed by atoms with Gasteiger partial charge in [-0.3, -0.25) is 9.59 Å². The Kier molecular flexibility index (Phi) is 11.7. The van der Waals surface area contributed by atoms with Crippen LogP contribution in [0.25, 0.3) is 0 Å². The molecule has 3 N–H and O–H groups in total. The third kappa shape index (κ3) is 6.30. The molecule has 1 aliphatic heterocycles. The average molecular weight is 667 g/mol. The van der Waals surface area contributed by atoms with E-state index in [2.05, 4.69) is 11.8 Å². The van der Waals surface area contributed by atoms with Crippen molar-refractivity contribution in [2.24, 2.45) is 27.6 Å². The van der Waals surface area contributed by atoms with Crippen LogP contribution in [0, 0.1) is 22.7 Å². The number of hydrogen-bond donors (Lipinski definition) is 3. The summed E-state index contributed by atoms with van der Waals surface area (Å²) in [5, 5.41) is 36.0. The summed E-state index contributed by atoms with van der Waals surface area (Å²) in [6.07, 6.45) is 9.01. The molecule has 0 saturated heterocycles. The number of fused-ring (bicyclic) bond motifs is 1. The Hall–Kier alpha value is -2.56. The van der Waals surface area contributed by atoms with Gasteiger partial charge < -0.3 is 29.7 Å². The minimum absolute atomic E-state index is 0.114. The van der Waals surface area contributed by atoms with E-state index in [9.17, 15) is 29.7 Å². The number of rotatable bonds is 14. The standard InChI is InChI=1S/C38H57BNO8/c1-9-12-13-14-15-16-17-18-29(41)48-36(8)21-24(5)37-20-23(4)31(42)38(37,46)32(43)25(19-26(33(37)44)35(36,6)7)22-47-34(45)30-27(10-2)39-40-28(30)11-3/h19-20,24,26,31-32,42-43,46H,9-18,21-22H2,1-8H3/t24-,26?,31?,32?,36-,37?,38?/m1/s1. The fraction of sp³-hybridized carbons (Fsp3) is 0.737. The maximum Gasteiger partial charge on any atom is 0.339 e. The lowest BCUT2D eigenvalue weighted by molar-refractivity contribution is -0.192. The molecule has 1 spiro atoms. The van der Waals surface area contributed by atoms with Crippen molar-refractivity contribution in [3.8, 4) is 0 Å². The molecular formula is C38H57BNO8. The Morgan fingerprint density at radius 2 is 1.65 bits per heavy atom. The highest BCUT2D eigenvalue weighted by Gasteiger charge is 2.73. The Labute approximate surface area is 287 Å². The molecule has 48 heavy (non-hydrogen) atoms. The second-order valence-corrected chi connectivity index (χ2v) is 15.3. The highest BCUT2D eigenvalue weighted by Crippen LogP contribution is 2.63. The molecule has 9 nitrogen and oxygen atoms in total. The largest absolute Gasteiger partial charge is 0.459 e. The summed E-state index contributed by atoms with van der Waals surface area (Å²) in [4.78, 5) is 46.1. The van der Waals surface area contributed by atoms with E-state index in [4.69, 9.17) is 9.47 Å². The van der Waals surface area contributed by atoms with Gasteiger partial charge in [0.2, 0.25) is 0 Å². The van der Waals surface area contributed by atoms with Gasteiger partial charge in [0, 0.05) is 23.5 Å². The first kappa shape index (κ1) is 38.3.